The molecule has 5 heteroatoms. The average molecular weight is 401 g/mol. The zero-order valence-electron chi connectivity index (χ0n) is 16.9. The summed E-state index contributed by atoms with van der Waals surface area (Å²) >= 11 is 0. The van der Waals surface area contributed by atoms with Gasteiger partial charge >= 0.3 is 12.1 Å². The van der Waals surface area contributed by atoms with Gasteiger partial charge in [-0.05, 0) is 41.7 Å². The Morgan fingerprint density at radius 1 is 0.933 bits per heavy atom. The first-order valence-electron chi connectivity index (χ1n) is 9.84. The number of hydrogen-bond donors (Lipinski definition) is 2. The summed E-state index contributed by atoms with van der Waals surface area (Å²) in [4.78, 5) is 24.5. The lowest BCUT2D eigenvalue weighted by Crippen LogP contribution is -2.49. The SMILES string of the molecule is Cc1ccc([C@@](C)(NC(=O)OCC2c3ccccc3-c3ccccc32)C(=O)O)cc1. The van der Waals surface area contributed by atoms with Crippen molar-refractivity contribution in [2.24, 2.45) is 0 Å². The molecule has 0 bridgehead atoms. The van der Waals surface area contributed by atoms with Crippen LogP contribution in [0.25, 0.3) is 11.1 Å². The van der Waals surface area contributed by atoms with Crippen LogP contribution in [0.15, 0.2) is 72.8 Å². The molecule has 0 aromatic heterocycles. The van der Waals surface area contributed by atoms with Gasteiger partial charge in [0.2, 0.25) is 0 Å². The minimum Gasteiger partial charge on any atom is -0.479 e. The minimum atomic E-state index is -1.59. The van der Waals surface area contributed by atoms with E-state index in [1.165, 1.54) is 6.92 Å². The number of alkyl carbamates (subject to hydrolysis) is 1. The number of carbonyl (C=O) groups is 2. The molecule has 30 heavy (non-hydrogen) atoms. The lowest BCUT2D eigenvalue weighted by atomic mass is 9.91. The molecule has 0 radical (unpaired) electrons. The average Bonchev–Trinajstić information content (AvgIpc) is 3.06. The van der Waals surface area contributed by atoms with Crippen molar-refractivity contribution in [3.8, 4) is 11.1 Å². The number of hydrogen-bond acceptors (Lipinski definition) is 3. The zero-order chi connectivity index (χ0) is 21.3. The van der Waals surface area contributed by atoms with E-state index in [1.807, 2.05) is 55.5 Å². The maximum absolute atomic E-state index is 12.6. The summed E-state index contributed by atoms with van der Waals surface area (Å²) in [7, 11) is 0. The largest absolute Gasteiger partial charge is 0.479 e. The number of benzene rings is 3. The van der Waals surface area contributed by atoms with Crippen LogP contribution in [0, 0.1) is 6.92 Å². The molecule has 0 saturated heterocycles. The molecule has 1 atom stereocenters. The summed E-state index contributed by atoms with van der Waals surface area (Å²) in [6, 6.07) is 23.2. The third-order valence-corrected chi connectivity index (χ3v) is 5.75. The number of ether oxygens (including phenoxy) is 1. The number of fused-ring (bicyclic) bond motifs is 3. The summed E-state index contributed by atoms with van der Waals surface area (Å²) in [5, 5.41) is 12.3. The molecular weight excluding hydrogens is 378 g/mol. The van der Waals surface area contributed by atoms with Gasteiger partial charge in [0.15, 0.2) is 5.54 Å². The Morgan fingerprint density at radius 2 is 1.47 bits per heavy atom. The van der Waals surface area contributed by atoms with Crippen molar-refractivity contribution in [3.05, 3.63) is 95.1 Å². The summed E-state index contributed by atoms with van der Waals surface area (Å²) in [5.41, 5.74) is 4.38. The van der Waals surface area contributed by atoms with Crippen molar-refractivity contribution in [2.45, 2.75) is 25.3 Å². The van der Waals surface area contributed by atoms with Crippen LogP contribution in [-0.4, -0.2) is 23.8 Å². The number of rotatable bonds is 5. The normalized spacial score (nSPS) is 14.3. The van der Waals surface area contributed by atoms with Gasteiger partial charge in [-0.1, -0.05) is 78.4 Å². The smallest absolute Gasteiger partial charge is 0.408 e. The van der Waals surface area contributed by atoms with Crippen LogP contribution in [-0.2, 0) is 15.1 Å². The standard InChI is InChI=1S/C25H23NO4/c1-16-11-13-17(14-12-16)25(2,23(27)28)26-24(29)30-15-22-20-9-5-3-7-18(20)19-8-4-6-10-21(19)22/h3-14,22H,15H2,1-2H3,(H,26,29)(H,27,28)/t25-/m1/s1. The van der Waals surface area contributed by atoms with E-state index in [4.69, 9.17) is 4.74 Å². The number of carbonyl (C=O) groups excluding carboxylic acids is 1. The number of aryl methyl sites for hydroxylation is 1. The lowest BCUT2D eigenvalue weighted by molar-refractivity contribution is -0.144. The summed E-state index contributed by atoms with van der Waals surface area (Å²) < 4.78 is 5.52. The van der Waals surface area contributed by atoms with Gasteiger partial charge in [-0.2, -0.15) is 0 Å². The Bertz CT molecular complexity index is 1060. The quantitative estimate of drug-likeness (QED) is 0.642. The first-order chi connectivity index (χ1) is 14.4. The van der Waals surface area contributed by atoms with Crippen LogP contribution in [0.2, 0.25) is 0 Å². The van der Waals surface area contributed by atoms with Crippen LogP contribution in [0.5, 0.6) is 0 Å². The summed E-state index contributed by atoms with van der Waals surface area (Å²) in [6.07, 6.45) is -0.762. The van der Waals surface area contributed by atoms with Crippen molar-refractivity contribution in [1.29, 1.82) is 0 Å². The van der Waals surface area contributed by atoms with Crippen LogP contribution in [0.4, 0.5) is 4.79 Å². The molecule has 5 nitrogen and oxygen atoms in total. The lowest BCUT2D eigenvalue weighted by Gasteiger charge is -2.27. The molecule has 1 amide bonds. The van der Waals surface area contributed by atoms with Gasteiger partial charge in [0.05, 0.1) is 0 Å². The van der Waals surface area contributed by atoms with Crippen molar-refractivity contribution < 1.29 is 19.4 Å². The number of carboxylic acid groups (broad SMARTS) is 1. The van der Waals surface area contributed by atoms with E-state index >= 15 is 0 Å². The Balaban J connectivity index is 1.52. The highest BCUT2D eigenvalue weighted by atomic mass is 16.5. The van der Waals surface area contributed by atoms with Gasteiger partial charge in [0.1, 0.15) is 6.61 Å². The maximum atomic E-state index is 12.6. The maximum Gasteiger partial charge on any atom is 0.408 e. The van der Waals surface area contributed by atoms with E-state index in [9.17, 15) is 14.7 Å². The Kier molecular flexibility index (Phi) is 5.04. The van der Waals surface area contributed by atoms with Gasteiger partial charge in [-0.25, -0.2) is 9.59 Å². The zero-order valence-corrected chi connectivity index (χ0v) is 16.9. The highest BCUT2D eigenvalue weighted by molar-refractivity contribution is 5.85. The van der Waals surface area contributed by atoms with Crippen molar-refractivity contribution in [1.82, 2.24) is 5.32 Å². The monoisotopic (exact) mass is 401 g/mol. The highest BCUT2D eigenvalue weighted by Crippen LogP contribution is 2.44. The molecule has 0 fully saturated rings. The Hall–Kier alpha value is -3.60. The van der Waals surface area contributed by atoms with Gasteiger partial charge in [0, 0.05) is 5.92 Å². The molecular formula is C25H23NO4. The third kappa shape index (κ3) is 3.43. The van der Waals surface area contributed by atoms with E-state index in [0.29, 0.717) is 5.56 Å². The van der Waals surface area contributed by atoms with Gasteiger partial charge in [0.25, 0.3) is 0 Å². The topological polar surface area (TPSA) is 75.6 Å². The fourth-order valence-corrected chi connectivity index (χ4v) is 3.97. The number of amides is 1. The first-order valence-corrected chi connectivity index (χ1v) is 9.84. The molecule has 0 unspecified atom stereocenters. The van der Waals surface area contributed by atoms with E-state index < -0.39 is 17.6 Å². The van der Waals surface area contributed by atoms with Crippen LogP contribution in [0.1, 0.15) is 35.1 Å². The van der Waals surface area contributed by atoms with Crippen molar-refractivity contribution >= 4 is 12.1 Å². The molecule has 1 aliphatic carbocycles. The van der Waals surface area contributed by atoms with Crippen LogP contribution < -0.4 is 5.32 Å². The van der Waals surface area contributed by atoms with Crippen LogP contribution >= 0.6 is 0 Å². The number of aliphatic carboxylic acids is 1. The molecule has 152 valence electrons. The summed E-state index contributed by atoms with van der Waals surface area (Å²) in [5.74, 6) is -1.24. The van der Waals surface area contributed by atoms with E-state index in [0.717, 1.165) is 27.8 Å². The Labute approximate surface area is 175 Å². The molecule has 0 aliphatic heterocycles. The predicted octanol–water partition coefficient (Wildman–Crippen LogP) is 4.83. The fraction of sp³-hybridized carbons (Fsp3) is 0.200. The first kappa shape index (κ1) is 19.7. The molecule has 3 aromatic carbocycles. The molecule has 2 N–H and O–H groups in total. The molecule has 0 spiro atoms. The predicted molar refractivity (Wildman–Crippen MR) is 114 cm³/mol. The number of nitrogens with one attached hydrogen (secondary N) is 1. The summed E-state index contributed by atoms with van der Waals surface area (Å²) in [6.45, 7) is 3.51. The third-order valence-electron chi connectivity index (χ3n) is 5.75. The second-order valence-electron chi connectivity index (χ2n) is 7.75. The molecule has 3 aromatic rings. The van der Waals surface area contributed by atoms with Crippen molar-refractivity contribution in [2.75, 3.05) is 6.61 Å². The van der Waals surface area contributed by atoms with Gasteiger partial charge in [-0.3, -0.25) is 0 Å². The van der Waals surface area contributed by atoms with Gasteiger partial charge in [-0.15, -0.1) is 0 Å². The fourth-order valence-electron chi connectivity index (χ4n) is 3.97. The van der Waals surface area contributed by atoms with E-state index in [-0.39, 0.29) is 12.5 Å². The second-order valence-corrected chi connectivity index (χ2v) is 7.75. The van der Waals surface area contributed by atoms with Crippen molar-refractivity contribution in [3.63, 3.8) is 0 Å². The Morgan fingerprint density at radius 3 is 2.00 bits per heavy atom. The second kappa shape index (κ2) is 7.67. The molecule has 0 heterocycles. The van der Waals surface area contributed by atoms with E-state index in [1.54, 1.807) is 12.1 Å². The van der Waals surface area contributed by atoms with Crippen LogP contribution in [0.3, 0.4) is 0 Å². The highest BCUT2D eigenvalue weighted by Gasteiger charge is 2.38. The molecule has 1 aliphatic rings. The minimum absolute atomic E-state index is 0.0846. The number of carboxylic acids is 1. The van der Waals surface area contributed by atoms with Gasteiger partial charge < -0.3 is 15.2 Å². The molecule has 0 saturated carbocycles. The molecule has 4 rings (SSSR count). The van der Waals surface area contributed by atoms with E-state index in [2.05, 4.69) is 17.4 Å².